The molecule has 0 bridgehead atoms. The van der Waals surface area contributed by atoms with Gasteiger partial charge in [-0.25, -0.2) is 4.79 Å². The Labute approximate surface area is 125 Å². The molecule has 4 nitrogen and oxygen atoms in total. The molecule has 1 amide bonds. The molecule has 21 heavy (non-hydrogen) atoms. The Hall–Kier alpha value is -1.97. The molecule has 2 atom stereocenters. The maximum Gasteiger partial charge on any atom is 0.415 e. The Morgan fingerprint density at radius 1 is 1.38 bits per heavy atom. The molecule has 112 valence electrons. The van der Waals surface area contributed by atoms with Gasteiger partial charge in [-0.05, 0) is 37.1 Å². The molecule has 0 spiro atoms. The molecule has 1 aromatic rings. The zero-order valence-corrected chi connectivity index (χ0v) is 12.4. The minimum absolute atomic E-state index is 0.279. The van der Waals surface area contributed by atoms with Crippen LogP contribution in [0.1, 0.15) is 25.7 Å². The van der Waals surface area contributed by atoms with Crippen LogP contribution in [0.4, 0.5) is 10.5 Å². The lowest BCUT2D eigenvalue weighted by molar-refractivity contribution is 0.0576. The van der Waals surface area contributed by atoms with E-state index in [9.17, 15) is 4.79 Å². The van der Waals surface area contributed by atoms with Gasteiger partial charge in [0.1, 0.15) is 5.75 Å². The molecule has 0 aromatic heterocycles. The van der Waals surface area contributed by atoms with E-state index in [-0.39, 0.29) is 11.6 Å². The summed E-state index contributed by atoms with van der Waals surface area (Å²) in [6.45, 7) is 4.53. The molecule has 1 aliphatic heterocycles. The molecule has 4 heteroatoms. The minimum atomic E-state index is -0.317. The Kier molecular flexibility index (Phi) is 3.62. The summed E-state index contributed by atoms with van der Waals surface area (Å²) in [6.07, 6.45) is 5.99. The van der Waals surface area contributed by atoms with Crippen LogP contribution in [0.2, 0.25) is 0 Å². The zero-order valence-electron chi connectivity index (χ0n) is 12.4. The second-order valence-electron chi connectivity index (χ2n) is 5.75. The molecule has 0 N–H and O–H groups in total. The number of hydrogen-bond donors (Lipinski definition) is 0. The monoisotopic (exact) mass is 287 g/mol. The topological polar surface area (TPSA) is 38.8 Å². The highest BCUT2D eigenvalue weighted by molar-refractivity contribution is 5.91. The van der Waals surface area contributed by atoms with Gasteiger partial charge in [0, 0.05) is 11.6 Å². The number of hydrogen-bond acceptors (Lipinski definition) is 3. The maximum absolute atomic E-state index is 12.4. The van der Waals surface area contributed by atoms with Gasteiger partial charge in [0.15, 0.2) is 0 Å². The fourth-order valence-electron chi connectivity index (χ4n) is 3.62. The first-order valence-corrected chi connectivity index (χ1v) is 7.46. The largest absolute Gasteiger partial charge is 0.497 e. The first-order valence-electron chi connectivity index (χ1n) is 7.46. The average Bonchev–Trinajstić information content (AvgIpc) is 2.54. The molecule has 3 rings (SSSR count). The standard InChI is InChI=1S/C17H21NO3/c1-3-17-11-5-4-6-13(17)12-21-16(19)18(17)14-7-9-15(20-2)10-8-14/h3,7-10,13H,1,4-6,11-12H2,2H3/t13-,17-/m0/s1. The van der Waals surface area contributed by atoms with E-state index in [0.29, 0.717) is 12.5 Å². The second kappa shape index (κ2) is 5.43. The third-order valence-corrected chi connectivity index (χ3v) is 4.78. The number of methoxy groups -OCH3 is 1. The molecular formula is C17H21NO3. The number of rotatable bonds is 3. The first-order chi connectivity index (χ1) is 10.2. The van der Waals surface area contributed by atoms with Gasteiger partial charge in [-0.3, -0.25) is 4.90 Å². The van der Waals surface area contributed by atoms with Crippen molar-refractivity contribution < 1.29 is 14.3 Å². The summed E-state index contributed by atoms with van der Waals surface area (Å²) in [5.74, 6) is 1.10. The van der Waals surface area contributed by atoms with Crippen molar-refractivity contribution in [3.8, 4) is 5.75 Å². The highest BCUT2D eigenvalue weighted by Gasteiger charge is 2.50. The molecule has 2 fully saturated rings. The fraction of sp³-hybridized carbons (Fsp3) is 0.471. The summed E-state index contributed by atoms with van der Waals surface area (Å²) in [6, 6.07) is 7.54. The lowest BCUT2D eigenvalue weighted by atomic mass is 9.71. The Balaban J connectivity index is 2.02. The number of fused-ring (bicyclic) bond motifs is 1. The van der Waals surface area contributed by atoms with E-state index >= 15 is 0 Å². The van der Waals surface area contributed by atoms with E-state index in [4.69, 9.17) is 9.47 Å². The van der Waals surface area contributed by atoms with Crippen molar-refractivity contribution in [1.29, 1.82) is 0 Å². The van der Waals surface area contributed by atoms with Crippen LogP contribution in [-0.2, 0) is 4.74 Å². The predicted molar refractivity (Wildman–Crippen MR) is 81.7 cm³/mol. The van der Waals surface area contributed by atoms with Crippen LogP contribution in [0.3, 0.4) is 0 Å². The average molecular weight is 287 g/mol. The smallest absolute Gasteiger partial charge is 0.415 e. The zero-order chi connectivity index (χ0) is 14.9. The number of anilines is 1. The Morgan fingerprint density at radius 2 is 2.14 bits per heavy atom. The van der Waals surface area contributed by atoms with Crippen molar-refractivity contribution in [3.05, 3.63) is 36.9 Å². The number of nitrogens with zero attached hydrogens (tertiary/aromatic N) is 1. The van der Waals surface area contributed by atoms with Gasteiger partial charge in [0.05, 0.1) is 19.3 Å². The van der Waals surface area contributed by atoms with Gasteiger partial charge in [-0.1, -0.05) is 18.9 Å². The first kappa shape index (κ1) is 14.0. The number of carbonyl (C=O) groups is 1. The quantitative estimate of drug-likeness (QED) is 0.794. The Bertz CT molecular complexity index is 539. The van der Waals surface area contributed by atoms with Crippen LogP contribution in [-0.4, -0.2) is 25.3 Å². The molecule has 1 saturated carbocycles. The van der Waals surface area contributed by atoms with E-state index in [1.807, 2.05) is 30.3 Å². The van der Waals surface area contributed by atoms with Crippen LogP contribution < -0.4 is 9.64 Å². The van der Waals surface area contributed by atoms with E-state index in [0.717, 1.165) is 30.7 Å². The van der Waals surface area contributed by atoms with Crippen molar-refractivity contribution in [2.24, 2.45) is 5.92 Å². The second-order valence-corrected chi connectivity index (χ2v) is 5.75. The third kappa shape index (κ3) is 2.19. The van der Waals surface area contributed by atoms with Gasteiger partial charge >= 0.3 is 6.09 Å². The number of amides is 1. The maximum atomic E-state index is 12.4. The highest BCUT2D eigenvalue weighted by Crippen LogP contribution is 2.45. The number of cyclic esters (lactones) is 1. The normalized spacial score (nSPS) is 28.5. The van der Waals surface area contributed by atoms with Crippen molar-refractivity contribution >= 4 is 11.8 Å². The molecule has 1 aromatic carbocycles. The van der Waals surface area contributed by atoms with Crippen LogP contribution >= 0.6 is 0 Å². The summed E-state index contributed by atoms with van der Waals surface area (Å²) in [5, 5.41) is 0. The van der Waals surface area contributed by atoms with Crippen molar-refractivity contribution in [2.45, 2.75) is 31.2 Å². The van der Waals surface area contributed by atoms with E-state index < -0.39 is 0 Å². The van der Waals surface area contributed by atoms with Crippen molar-refractivity contribution in [2.75, 3.05) is 18.6 Å². The van der Waals surface area contributed by atoms with E-state index in [2.05, 4.69) is 6.58 Å². The summed E-state index contributed by atoms with van der Waals surface area (Å²) in [4.78, 5) is 14.2. The SMILES string of the molecule is C=C[C@]12CCCC[C@H]1COC(=O)N2c1ccc(OC)cc1. The summed E-state index contributed by atoms with van der Waals surface area (Å²) in [5.41, 5.74) is 0.523. The number of benzene rings is 1. The van der Waals surface area contributed by atoms with Crippen molar-refractivity contribution in [1.82, 2.24) is 0 Å². The fourth-order valence-corrected chi connectivity index (χ4v) is 3.62. The summed E-state index contributed by atoms with van der Waals surface area (Å²) < 4.78 is 10.6. The summed E-state index contributed by atoms with van der Waals surface area (Å²) in [7, 11) is 1.63. The third-order valence-electron chi connectivity index (χ3n) is 4.78. The van der Waals surface area contributed by atoms with Crippen molar-refractivity contribution in [3.63, 3.8) is 0 Å². The molecule has 0 radical (unpaired) electrons. The van der Waals surface area contributed by atoms with E-state index in [1.165, 1.54) is 6.42 Å². The number of ether oxygens (including phenoxy) is 2. The Morgan fingerprint density at radius 3 is 2.81 bits per heavy atom. The van der Waals surface area contributed by atoms with Crippen LogP contribution in [0.25, 0.3) is 0 Å². The minimum Gasteiger partial charge on any atom is -0.497 e. The van der Waals surface area contributed by atoms with Gasteiger partial charge in [0.2, 0.25) is 0 Å². The number of carbonyl (C=O) groups excluding carboxylic acids is 1. The van der Waals surface area contributed by atoms with Gasteiger partial charge in [-0.15, -0.1) is 6.58 Å². The van der Waals surface area contributed by atoms with Crippen LogP contribution in [0, 0.1) is 5.92 Å². The van der Waals surface area contributed by atoms with Crippen LogP contribution in [0.15, 0.2) is 36.9 Å². The molecular weight excluding hydrogens is 266 g/mol. The van der Waals surface area contributed by atoms with Gasteiger partial charge < -0.3 is 9.47 Å². The molecule has 2 aliphatic rings. The summed E-state index contributed by atoms with van der Waals surface area (Å²) >= 11 is 0. The highest BCUT2D eigenvalue weighted by atomic mass is 16.6. The lowest BCUT2D eigenvalue weighted by Gasteiger charge is -2.51. The van der Waals surface area contributed by atoms with Gasteiger partial charge in [-0.2, -0.15) is 0 Å². The lowest BCUT2D eigenvalue weighted by Crippen LogP contribution is -2.62. The van der Waals surface area contributed by atoms with E-state index in [1.54, 1.807) is 12.0 Å². The van der Waals surface area contributed by atoms with Crippen LogP contribution in [0.5, 0.6) is 5.75 Å². The molecule has 0 unspecified atom stereocenters. The molecule has 1 aliphatic carbocycles. The molecule has 1 heterocycles. The predicted octanol–water partition coefficient (Wildman–Crippen LogP) is 3.77. The van der Waals surface area contributed by atoms with Gasteiger partial charge in [0.25, 0.3) is 0 Å². The molecule has 1 saturated heterocycles.